The predicted molar refractivity (Wildman–Crippen MR) is 77.9 cm³/mol. The maximum Gasteiger partial charge on any atom is 0.324 e. The average molecular weight is 308 g/mol. The fourth-order valence-electron chi connectivity index (χ4n) is 1.77. The lowest BCUT2D eigenvalue weighted by Crippen LogP contribution is -2.37. The minimum absolute atomic E-state index is 0.221. The van der Waals surface area contributed by atoms with Crippen LogP contribution in [0.2, 0.25) is 0 Å². The number of thioether (sulfide) groups is 1. The standard InChI is InChI=1S/C14H16N2O4S/c17-12(16-8-7-15-14(16)19)10-20-13(18)6-9-21-11-4-2-1-3-5-11/h1-5H,6-10H2,(H,15,19). The van der Waals surface area contributed by atoms with Crippen LogP contribution in [0.5, 0.6) is 0 Å². The van der Waals surface area contributed by atoms with Crippen LogP contribution in [-0.2, 0) is 14.3 Å². The summed E-state index contributed by atoms with van der Waals surface area (Å²) in [5.41, 5.74) is 0. The van der Waals surface area contributed by atoms with Crippen molar-refractivity contribution in [2.24, 2.45) is 0 Å². The predicted octanol–water partition coefficient (Wildman–Crippen LogP) is 1.26. The Kier molecular flexibility index (Phi) is 5.62. The van der Waals surface area contributed by atoms with Crippen molar-refractivity contribution in [1.82, 2.24) is 10.2 Å². The summed E-state index contributed by atoms with van der Waals surface area (Å²) in [6.07, 6.45) is 0.221. The summed E-state index contributed by atoms with van der Waals surface area (Å²) >= 11 is 1.55. The van der Waals surface area contributed by atoms with Crippen LogP contribution in [-0.4, -0.2) is 48.3 Å². The number of benzene rings is 1. The smallest absolute Gasteiger partial charge is 0.324 e. The van der Waals surface area contributed by atoms with Gasteiger partial charge in [-0.1, -0.05) is 18.2 Å². The number of carbonyl (C=O) groups is 3. The van der Waals surface area contributed by atoms with E-state index in [0.717, 1.165) is 9.80 Å². The zero-order chi connectivity index (χ0) is 15.1. The van der Waals surface area contributed by atoms with Crippen LogP contribution in [0.4, 0.5) is 4.79 Å². The monoisotopic (exact) mass is 308 g/mol. The number of rotatable bonds is 6. The van der Waals surface area contributed by atoms with Crippen LogP contribution in [0, 0.1) is 0 Å². The van der Waals surface area contributed by atoms with E-state index in [9.17, 15) is 14.4 Å². The maximum atomic E-state index is 11.6. The van der Waals surface area contributed by atoms with Gasteiger partial charge in [0.05, 0.1) is 6.42 Å². The molecule has 0 aliphatic carbocycles. The fraction of sp³-hybridized carbons (Fsp3) is 0.357. The molecule has 1 aromatic rings. The number of nitrogens with one attached hydrogen (secondary N) is 1. The lowest BCUT2D eigenvalue weighted by molar-refractivity contribution is -0.150. The molecule has 1 saturated heterocycles. The van der Waals surface area contributed by atoms with Crippen molar-refractivity contribution in [1.29, 1.82) is 0 Å². The number of hydrogen-bond acceptors (Lipinski definition) is 5. The van der Waals surface area contributed by atoms with Gasteiger partial charge in [0.25, 0.3) is 5.91 Å². The van der Waals surface area contributed by atoms with Gasteiger partial charge in [-0.05, 0) is 12.1 Å². The van der Waals surface area contributed by atoms with Gasteiger partial charge in [-0.3, -0.25) is 14.5 Å². The van der Waals surface area contributed by atoms with Gasteiger partial charge in [-0.15, -0.1) is 11.8 Å². The summed E-state index contributed by atoms with van der Waals surface area (Å²) < 4.78 is 4.88. The van der Waals surface area contributed by atoms with Gasteiger partial charge in [-0.2, -0.15) is 0 Å². The summed E-state index contributed by atoms with van der Waals surface area (Å²) in [5, 5.41) is 2.51. The minimum atomic E-state index is -0.492. The first kappa shape index (κ1) is 15.4. The van der Waals surface area contributed by atoms with Crippen LogP contribution in [0.3, 0.4) is 0 Å². The van der Waals surface area contributed by atoms with Crippen molar-refractivity contribution in [3.8, 4) is 0 Å². The first-order chi connectivity index (χ1) is 10.2. The SMILES string of the molecule is O=C(CCSc1ccccc1)OCC(=O)N1CCNC1=O. The Morgan fingerprint density at radius 3 is 2.71 bits per heavy atom. The van der Waals surface area contributed by atoms with Gasteiger partial charge in [0, 0.05) is 23.7 Å². The Balaban J connectivity index is 1.63. The number of carbonyl (C=O) groups excluding carboxylic acids is 3. The highest BCUT2D eigenvalue weighted by Crippen LogP contribution is 2.17. The lowest BCUT2D eigenvalue weighted by atomic mass is 10.4. The summed E-state index contributed by atoms with van der Waals surface area (Å²) in [6.45, 7) is 0.369. The molecule has 1 heterocycles. The third-order valence-electron chi connectivity index (χ3n) is 2.83. The Hall–Kier alpha value is -2.02. The van der Waals surface area contributed by atoms with E-state index >= 15 is 0 Å². The van der Waals surface area contributed by atoms with E-state index in [1.807, 2.05) is 30.3 Å². The summed E-state index contributed by atoms with van der Waals surface area (Å²) in [7, 11) is 0. The van der Waals surface area contributed by atoms with Gasteiger partial charge >= 0.3 is 12.0 Å². The Morgan fingerprint density at radius 2 is 2.05 bits per heavy atom. The minimum Gasteiger partial charge on any atom is -0.456 e. The third-order valence-corrected chi connectivity index (χ3v) is 3.85. The molecule has 21 heavy (non-hydrogen) atoms. The Labute approximate surface area is 126 Å². The molecule has 0 radical (unpaired) electrons. The van der Waals surface area contributed by atoms with Crippen LogP contribution in [0.1, 0.15) is 6.42 Å². The zero-order valence-electron chi connectivity index (χ0n) is 11.4. The highest BCUT2D eigenvalue weighted by atomic mass is 32.2. The fourth-order valence-corrected chi connectivity index (χ4v) is 2.62. The molecule has 0 unspecified atom stereocenters. The van der Waals surface area contributed by atoms with Gasteiger partial charge < -0.3 is 10.1 Å². The number of hydrogen-bond donors (Lipinski definition) is 1. The second kappa shape index (κ2) is 7.68. The Morgan fingerprint density at radius 1 is 1.29 bits per heavy atom. The quantitative estimate of drug-likeness (QED) is 0.632. The first-order valence-electron chi connectivity index (χ1n) is 6.58. The normalized spacial score (nSPS) is 13.9. The second-order valence-corrected chi connectivity index (χ2v) is 5.52. The van der Waals surface area contributed by atoms with Crippen molar-refractivity contribution in [3.05, 3.63) is 30.3 Å². The van der Waals surface area contributed by atoms with Crippen molar-refractivity contribution in [2.45, 2.75) is 11.3 Å². The molecule has 0 bridgehead atoms. The van der Waals surface area contributed by atoms with E-state index in [1.165, 1.54) is 0 Å². The van der Waals surface area contributed by atoms with Gasteiger partial charge in [0.2, 0.25) is 0 Å². The van der Waals surface area contributed by atoms with E-state index in [2.05, 4.69) is 5.32 Å². The summed E-state index contributed by atoms with van der Waals surface area (Å²) in [4.78, 5) is 36.5. The number of nitrogens with zero attached hydrogens (tertiary/aromatic N) is 1. The number of amides is 3. The highest BCUT2D eigenvalue weighted by molar-refractivity contribution is 7.99. The number of urea groups is 1. The molecule has 1 fully saturated rings. The third kappa shape index (κ3) is 4.78. The molecule has 112 valence electrons. The van der Waals surface area contributed by atoms with E-state index in [4.69, 9.17) is 4.74 Å². The van der Waals surface area contributed by atoms with Crippen LogP contribution in [0.15, 0.2) is 35.2 Å². The average Bonchev–Trinajstić information content (AvgIpc) is 2.92. The molecular weight excluding hydrogens is 292 g/mol. The number of imide groups is 1. The van der Waals surface area contributed by atoms with Crippen molar-refractivity contribution in [2.75, 3.05) is 25.4 Å². The van der Waals surface area contributed by atoms with E-state index < -0.39 is 17.9 Å². The highest BCUT2D eigenvalue weighted by Gasteiger charge is 2.26. The van der Waals surface area contributed by atoms with Crippen LogP contribution >= 0.6 is 11.8 Å². The molecule has 7 heteroatoms. The van der Waals surface area contributed by atoms with E-state index in [1.54, 1.807) is 11.8 Å². The van der Waals surface area contributed by atoms with Crippen LogP contribution in [0.25, 0.3) is 0 Å². The van der Waals surface area contributed by atoms with Gasteiger partial charge in [0.15, 0.2) is 6.61 Å². The topological polar surface area (TPSA) is 75.7 Å². The molecule has 1 N–H and O–H groups in total. The molecule has 1 aliphatic heterocycles. The molecule has 2 rings (SSSR count). The molecule has 1 aromatic carbocycles. The number of esters is 1. The maximum absolute atomic E-state index is 11.6. The molecule has 0 aromatic heterocycles. The molecule has 6 nitrogen and oxygen atoms in total. The molecule has 1 aliphatic rings. The van der Waals surface area contributed by atoms with Crippen molar-refractivity contribution >= 4 is 29.7 Å². The summed E-state index contributed by atoms with van der Waals surface area (Å²) in [6, 6.07) is 9.28. The zero-order valence-corrected chi connectivity index (χ0v) is 12.2. The van der Waals surface area contributed by atoms with Gasteiger partial charge in [0.1, 0.15) is 0 Å². The molecular formula is C14H16N2O4S. The molecule has 0 atom stereocenters. The van der Waals surface area contributed by atoms with Gasteiger partial charge in [-0.25, -0.2) is 4.79 Å². The first-order valence-corrected chi connectivity index (χ1v) is 7.57. The molecule has 0 spiro atoms. The molecule has 0 saturated carbocycles. The molecule has 3 amide bonds. The van der Waals surface area contributed by atoms with E-state index in [0.29, 0.717) is 18.8 Å². The Bertz CT molecular complexity index is 521. The number of ether oxygens (including phenoxy) is 1. The second-order valence-electron chi connectivity index (χ2n) is 4.35. The lowest BCUT2D eigenvalue weighted by Gasteiger charge is -2.12. The van der Waals surface area contributed by atoms with Crippen molar-refractivity contribution in [3.63, 3.8) is 0 Å². The van der Waals surface area contributed by atoms with E-state index in [-0.39, 0.29) is 13.0 Å². The largest absolute Gasteiger partial charge is 0.456 e. The summed E-state index contributed by atoms with van der Waals surface area (Å²) in [5.74, 6) is -0.346. The van der Waals surface area contributed by atoms with Crippen molar-refractivity contribution < 1.29 is 19.1 Å². The van der Waals surface area contributed by atoms with Crippen LogP contribution < -0.4 is 5.32 Å².